The summed E-state index contributed by atoms with van der Waals surface area (Å²) >= 11 is 0. The van der Waals surface area contributed by atoms with Crippen LogP contribution in [0.2, 0.25) is 0 Å². The number of hydrogen-bond donors (Lipinski definition) is 0. The predicted molar refractivity (Wildman–Crippen MR) is 70.6 cm³/mol. The number of rotatable bonds is 1. The van der Waals surface area contributed by atoms with E-state index < -0.39 is 11.3 Å². The summed E-state index contributed by atoms with van der Waals surface area (Å²) in [5, 5.41) is 9.22. The first kappa shape index (κ1) is 12.4. The molecule has 0 spiro atoms. The third-order valence-electron chi connectivity index (χ3n) is 3.29. The molecule has 0 radical (unpaired) electrons. The maximum atomic E-state index is 12.4. The molecule has 1 heterocycles. The van der Waals surface area contributed by atoms with Gasteiger partial charge in [0.1, 0.15) is 5.92 Å². The Labute approximate surface area is 107 Å². The smallest absolute Gasteiger partial charge is 0.249 e. The van der Waals surface area contributed by atoms with Gasteiger partial charge in [-0.15, -0.1) is 0 Å². The molecule has 3 heteroatoms. The van der Waals surface area contributed by atoms with E-state index in [4.69, 9.17) is 0 Å². The zero-order valence-corrected chi connectivity index (χ0v) is 10.8. The lowest BCUT2D eigenvalue weighted by Crippen LogP contribution is -2.44. The van der Waals surface area contributed by atoms with Gasteiger partial charge < -0.3 is 0 Å². The van der Waals surface area contributed by atoms with E-state index in [1.54, 1.807) is 4.90 Å². The quantitative estimate of drug-likeness (QED) is 0.757. The second-order valence-electron chi connectivity index (χ2n) is 5.18. The fraction of sp³-hybridized carbons (Fsp3) is 0.333. The highest BCUT2D eigenvalue weighted by Gasteiger charge is 2.41. The van der Waals surface area contributed by atoms with Gasteiger partial charge in [-0.1, -0.05) is 38.1 Å². The highest BCUT2D eigenvalue weighted by atomic mass is 16.2. The summed E-state index contributed by atoms with van der Waals surface area (Å²) in [7, 11) is 0. The molecule has 2 rings (SSSR count). The third kappa shape index (κ3) is 1.91. The highest BCUT2D eigenvalue weighted by Crippen LogP contribution is 2.38. The van der Waals surface area contributed by atoms with E-state index in [1.165, 1.54) is 0 Å². The molecule has 1 aliphatic heterocycles. The Morgan fingerprint density at radius 2 is 1.89 bits per heavy atom. The molecule has 0 N–H and O–H groups in total. The predicted octanol–water partition coefficient (Wildman–Crippen LogP) is 3.10. The number of nitriles is 1. The van der Waals surface area contributed by atoms with Crippen molar-refractivity contribution in [3.8, 4) is 6.07 Å². The Morgan fingerprint density at radius 3 is 2.44 bits per heavy atom. The summed E-state index contributed by atoms with van der Waals surface area (Å²) in [4.78, 5) is 14.1. The van der Waals surface area contributed by atoms with E-state index in [1.807, 2.05) is 57.2 Å². The third-order valence-corrected chi connectivity index (χ3v) is 3.29. The number of hydrogen-bond acceptors (Lipinski definition) is 2. The van der Waals surface area contributed by atoms with Gasteiger partial charge in [0.2, 0.25) is 5.91 Å². The normalized spacial score (nSPS) is 22.3. The lowest BCUT2D eigenvalue weighted by molar-refractivity contribution is -0.123. The van der Waals surface area contributed by atoms with E-state index in [9.17, 15) is 10.1 Å². The van der Waals surface area contributed by atoms with Gasteiger partial charge >= 0.3 is 0 Å². The van der Waals surface area contributed by atoms with Crippen LogP contribution in [0.1, 0.15) is 20.8 Å². The van der Waals surface area contributed by atoms with E-state index in [0.717, 1.165) is 11.4 Å². The summed E-state index contributed by atoms with van der Waals surface area (Å²) in [5.41, 5.74) is 1.27. The molecule has 0 aromatic heterocycles. The largest absolute Gasteiger partial charge is 0.284 e. The van der Waals surface area contributed by atoms with Crippen molar-refractivity contribution >= 4 is 11.6 Å². The van der Waals surface area contributed by atoms with Crippen molar-refractivity contribution in [1.29, 1.82) is 5.26 Å². The van der Waals surface area contributed by atoms with Crippen LogP contribution < -0.4 is 4.90 Å². The van der Waals surface area contributed by atoms with Crippen molar-refractivity contribution in [1.82, 2.24) is 0 Å². The Bertz CT molecular complexity index is 537. The van der Waals surface area contributed by atoms with Gasteiger partial charge in [-0.05, 0) is 19.1 Å². The molecule has 1 aromatic rings. The summed E-state index contributed by atoms with van der Waals surface area (Å²) in [6.07, 6.45) is 2.00. The molecule has 3 nitrogen and oxygen atoms in total. The summed E-state index contributed by atoms with van der Waals surface area (Å²) < 4.78 is 0. The molecule has 1 unspecified atom stereocenters. The van der Waals surface area contributed by atoms with Gasteiger partial charge in [-0.25, -0.2) is 0 Å². The van der Waals surface area contributed by atoms with Crippen molar-refractivity contribution in [2.45, 2.75) is 20.8 Å². The molecule has 92 valence electrons. The molecule has 18 heavy (non-hydrogen) atoms. The second-order valence-corrected chi connectivity index (χ2v) is 5.18. The van der Waals surface area contributed by atoms with Crippen LogP contribution in [0.3, 0.4) is 0 Å². The fourth-order valence-electron chi connectivity index (χ4n) is 2.44. The number of allylic oxidation sites excluding steroid dienone is 2. The first-order chi connectivity index (χ1) is 8.47. The minimum absolute atomic E-state index is 0.145. The van der Waals surface area contributed by atoms with E-state index >= 15 is 0 Å². The van der Waals surface area contributed by atoms with Gasteiger partial charge in [0.25, 0.3) is 0 Å². The van der Waals surface area contributed by atoms with Crippen LogP contribution >= 0.6 is 0 Å². The van der Waals surface area contributed by atoms with Crippen LogP contribution in [0.5, 0.6) is 0 Å². The molecule has 1 aromatic carbocycles. The molecule has 0 saturated heterocycles. The number of nitrogens with zero attached hydrogens (tertiary/aromatic N) is 2. The monoisotopic (exact) mass is 240 g/mol. The molecule has 1 amide bonds. The maximum absolute atomic E-state index is 12.4. The standard InChI is InChI=1S/C15H16N2O/c1-11-9-15(2,3)13(10-16)14(18)17(11)12-7-5-4-6-8-12/h4-9,13H,1-3H3. The van der Waals surface area contributed by atoms with Gasteiger partial charge in [-0.3, -0.25) is 9.69 Å². The van der Waals surface area contributed by atoms with Crippen molar-refractivity contribution in [2.75, 3.05) is 4.90 Å². The van der Waals surface area contributed by atoms with E-state index in [2.05, 4.69) is 6.07 Å². The van der Waals surface area contributed by atoms with E-state index in [-0.39, 0.29) is 5.91 Å². The Balaban J connectivity index is 2.51. The van der Waals surface area contributed by atoms with Crippen molar-refractivity contribution in [3.63, 3.8) is 0 Å². The van der Waals surface area contributed by atoms with Gasteiger partial charge in [0.15, 0.2) is 0 Å². The van der Waals surface area contributed by atoms with Crippen molar-refractivity contribution < 1.29 is 4.79 Å². The molecular weight excluding hydrogens is 224 g/mol. The van der Waals surface area contributed by atoms with Crippen LogP contribution in [-0.2, 0) is 4.79 Å². The maximum Gasteiger partial charge on any atom is 0.249 e. The molecule has 1 aliphatic rings. The Kier molecular flexibility index (Phi) is 2.96. The molecule has 1 atom stereocenters. The minimum Gasteiger partial charge on any atom is -0.284 e. The van der Waals surface area contributed by atoms with Crippen LogP contribution in [0.4, 0.5) is 5.69 Å². The van der Waals surface area contributed by atoms with Crippen molar-refractivity contribution in [2.24, 2.45) is 11.3 Å². The van der Waals surface area contributed by atoms with Crippen molar-refractivity contribution in [3.05, 3.63) is 42.1 Å². The number of amides is 1. The molecular formula is C15H16N2O. The Hall–Kier alpha value is -2.08. The molecule has 0 saturated carbocycles. The van der Waals surface area contributed by atoms with Gasteiger partial charge in [-0.2, -0.15) is 5.26 Å². The van der Waals surface area contributed by atoms with Crippen LogP contribution in [0, 0.1) is 22.7 Å². The summed E-state index contributed by atoms with van der Waals surface area (Å²) in [6.45, 7) is 5.75. The first-order valence-corrected chi connectivity index (χ1v) is 5.95. The van der Waals surface area contributed by atoms with E-state index in [0.29, 0.717) is 0 Å². The van der Waals surface area contributed by atoms with Crippen LogP contribution in [0.15, 0.2) is 42.1 Å². The summed E-state index contributed by atoms with van der Waals surface area (Å²) in [5.74, 6) is -0.782. The average Bonchev–Trinajstić information content (AvgIpc) is 2.29. The topological polar surface area (TPSA) is 44.1 Å². The average molecular weight is 240 g/mol. The molecule has 0 fully saturated rings. The highest BCUT2D eigenvalue weighted by molar-refractivity contribution is 6.01. The first-order valence-electron chi connectivity index (χ1n) is 5.95. The molecule has 0 aliphatic carbocycles. The SMILES string of the molecule is CC1=CC(C)(C)C(C#N)C(=O)N1c1ccccc1. The fourth-order valence-corrected chi connectivity index (χ4v) is 2.44. The Morgan fingerprint density at radius 1 is 1.28 bits per heavy atom. The number of benzene rings is 1. The lowest BCUT2D eigenvalue weighted by Gasteiger charge is -2.37. The van der Waals surface area contributed by atoms with Gasteiger partial charge in [0, 0.05) is 16.8 Å². The number of carbonyl (C=O) groups excluding carboxylic acids is 1. The van der Waals surface area contributed by atoms with Crippen LogP contribution in [0.25, 0.3) is 0 Å². The van der Waals surface area contributed by atoms with Gasteiger partial charge in [0.05, 0.1) is 6.07 Å². The number of para-hydroxylation sites is 1. The molecule has 0 bridgehead atoms. The van der Waals surface area contributed by atoms with Crippen LogP contribution in [-0.4, -0.2) is 5.91 Å². The zero-order chi connectivity index (χ0) is 13.3. The number of carbonyl (C=O) groups is 1. The minimum atomic E-state index is -0.638. The lowest BCUT2D eigenvalue weighted by atomic mass is 9.75. The number of anilines is 1. The summed E-state index contributed by atoms with van der Waals surface area (Å²) in [6, 6.07) is 11.6. The second kappa shape index (κ2) is 4.30. The zero-order valence-electron chi connectivity index (χ0n) is 10.8.